The van der Waals surface area contributed by atoms with E-state index in [0.29, 0.717) is 12.8 Å². The van der Waals surface area contributed by atoms with Crippen molar-refractivity contribution in [2.75, 3.05) is 27.4 Å². The second kappa shape index (κ2) is 10.5. The molecule has 1 aliphatic rings. The van der Waals surface area contributed by atoms with Crippen LogP contribution in [-0.2, 0) is 18.4 Å². The summed E-state index contributed by atoms with van der Waals surface area (Å²) in [6, 6.07) is 11.8. The minimum absolute atomic E-state index is 0.0813. The number of methoxy groups -OCH3 is 2. The summed E-state index contributed by atoms with van der Waals surface area (Å²) in [5.41, 5.74) is 2.95. The predicted octanol–water partition coefficient (Wildman–Crippen LogP) is 6.85. The highest BCUT2D eigenvalue weighted by atomic mass is 31.2. The van der Waals surface area contributed by atoms with Crippen molar-refractivity contribution in [1.29, 1.82) is 0 Å². The predicted molar refractivity (Wildman–Crippen MR) is 139 cm³/mol. The Morgan fingerprint density at radius 2 is 1.31 bits per heavy atom. The molecule has 6 nitrogen and oxygen atoms in total. The van der Waals surface area contributed by atoms with Gasteiger partial charge in [0.05, 0.1) is 27.4 Å². The standard InChI is InChI=1S/C28H39O6P/c1-9-33-35(30,34-10-2)28(16-15-27(5,6)26(28)29)25(21-11-13-23(31-7)19(3)17-21)22-12-14-24(32-8)20(4)18-22/h11-14,17-18,25H,9-10,15-16H2,1-8H3/t28-/m0/s1. The van der Waals surface area contributed by atoms with E-state index in [4.69, 9.17) is 18.5 Å². The Hall–Kier alpha value is -2.14. The average molecular weight is 503 g/mol. The summed E-state index contributed by atoms with van der Waals surface area (Å²) in [5.74, 6) is 0.878. The molecule has 0 aliphatic heterocycles. The molecule has 0 unspecified atom stereocenters. The van der Waals surface area contributed by atoms with Crippen LogP contribution >= 0.6 is 7.60 Å². The number of aryl methyl sites for hydroxylation is 2. The van der Waals surface area contributed by atoms with Gasteiger partial charge in [-0.05, 0) is 74.9 Å². The zero-order valence-corrected chi connectivity index (χ0v) is 23.2. The SMILES string of the molecule is CCOP(=O)(OCC)[C@]1(C(c2ccc(OC)c(C)c2)c2ccc(OC)c(C)c2)CCC(C)(C)C1=O. The van der Waals surface area contributed by atoms with E-state index in [-0.39, 0.29) is 19.0 Å². The van der Waals surface area contributed by atoms with E-state index in [1.807, 2.05) is 64.1 Å². The molecule has 1 saturated carbocycles. The summed E-state index contributed by atoms with van der Waals surface area (Å²) in [6.45, 7) is 11.7. The maximum atomic E-state index is 14.7. The summed E-state index contributed by atoms with van der Waals surface area (Å²) < 4.78 is 37.6. The minimum Gasteiger partial charge on any atom is -0.496 e. The van der Waals surface area contributed by atoms with Crippen LogP contribution in [0.5, 0.6) is 11.5 Å². The zero-order chi connectivity index (χ0) is 26.0. The van der Waals surface area contributed by atoms with Gasteiger partial charge in [0.1, 0.15) is 16.7 Å². The smallest absolute Gasteiger partial charge is 0.345 e. The Balaban J connectivity index is 2.41. The summed E-state index contributed by atoms with van der Waals surface area (Å²) in [7, 11) is -0.633. The van der Waals surface area contributed by atoms with Crippen molar-refractivity contribution in [3.63, 3.8) is 0 Å². The molecule has 1 atom stereocenters. The first kappa shape index (κ1) is 27.4. The van der Waals surface area contributed by atoms with Gasteiger partial charge in [-0.2, -0.15) is 0 Å². The monoisotopic (exact) mass is 502 g/mol. The number of hydrogen-bond donors (Lipinski definition) is 0. The highest BCUT2D eigenvalue weighted by Crippen LogP contribution is 2.72. The van der Waals surface area contributed by atoms with Crippen molar-refractivity contribution in [3.05, 3.63) is 58.7 Å². The van der Waals surface area contributed by atoms with E-state index in [9.17, 15) is 9.36 Å². The Bertz CT molecular complexity index is 1060. The molecule has 0 N–H and O–H groups in total. The van der Waals surface area contributed by atoms with Crippen molar-refractivity contribution in [3.8, 4) is 11.5 Å². The van der Waals surface area contributed by atoms with Gasteiger partial charge in [0, 0.05) is 11.3 Å². The number of carbonyl (C=O) groups is 1. The number of benzene rings is 2. The number of hydrogen-bond acceptors (Lipinski definition) is 6. The van der Waals surface area contributed by atoms with Gasteiger partial charge in [0.15, 0.2) is 5.78 Å². The molecule has 0 saturated heterocycles. The van der Waals surface area contributed by atoms with Gasteiger partial charge in [-0.15, -0.1) is 0 Å². The van der Waals surface area contributed by atoms with Gasteiger partial charge in [-0.3, -0.25) is 9.36 Å². The normalized spacial score (nSPS) is 19.9. The molecule has 0 radical (unpaired) electrons. The van der Waals surface area contributed by atoms with Crippen LogP contribution in [0.25, 0.3) is 0 Å². The highest BCUT2D eigenvalue weighted by Gasteiger charge is 2.67. The van der Waals surface area contributed by atoms with Crippen LogP contribution in [0.15, 0.2) is 36.4 Å². The number of ketones is 1. The quantitative estimate of drug-likeness (QED) is 0.331. The van der Waals surface area contributed by atoms with Gasteiger partial charge in [0.2, 0.25) is 0 Å². The molecule has 1 aliphatic carbocycles. The van der Waals surface area contributed by atoms with E-state index in [1.54, 1.807) is 28.1 Å². The van der Waals surface area contributed by atoms with E-state index in [2.05, 4.69) is 0 Å². The van der Waals surface area contributed by atoms with Crippen LogP contribution in [0.4, 0.5) is 0 Å². The molecule has 3 rings (SSSR count). The van der Waals surface area contributed by atoms with E-state index in [1.165, 1.54) is 0 Å². The van der Waals surface area contributed by atoms with Crippen LogP contribution in [0.1, 0.15) is 68.7 Å². The lowest BCUT2D eigenvalue weighted by molar-refractivity contribution is -0.127. The number of ether oxygens (including phenoxy) is 2. The topological polar surface area (TPSA) is 71.1 Å². The summed E-state index contributed by atoms with van der Waals surface area (Å²) in [5, 5.41) is -1.37. The fourth-order valence-corrected chi connectivity index (χ4v) is 8.29. The lowest BCUT2D eigenvalue weighted by Gasteiger charge is -2.42. The second-order valence-corrected chi connectivity index (χ2v) is 12.2. The molecule has 0 bridgehead atoms. The molecule has 0 aromatic heterocycles. The number of carbonyl (C=O) groups excluding carboxylic acids is 1. The van der Waals surface area contributed by atoms with Gasteiger partial charge >= 0.3 is 7.60 Å². The molecule has 35 heavy (non-hydrogen) atoms. The van der Waals surface area contributed by atoms with Crippen molar-refractivity contribution < 1.29 is 27.9 Å². The molecule has 0 spiro atoms. The van der Waals surface area contributed by atoms with Gasteiger partial charge in [0.25, 0.3) is 0 Å². The Kier molecular flexibility index (Phi) is 8.20. The summed E-state index contributed by atoms with van der Waals surface area (Å²) in [4.78, 5) is 14.4. The first-order valence-corrected chi connectivity index (χ1v) is 13.8. The number of rotatable bonds is 10. The van der Waals surface area contributed by atoms with Crippen LogP contribution < -0.4 is 9.47 Å². The third-order valence-electron chi connectivity index (χ3n) is 7.21. The van der Waals surface area contributed by atoms with Crippen molar-refractivity contribution in [1.82, 2.24) is 0 Å². The van der Waals surface area contributed by atoms with Gasteiger partial charge < -0.3 is 18.5 Å². The zero-order valence-electron chi connectivity index (χ0n) is 22.3. The minimum atomic E-state index is -3.90. The first-order chi connectivity index (χ1) is 16.5. The first-order valence-electron chi connectivity index (χ1n) is 12.2. The largest absolute Gasteiger partial charge is 0.496 e. The average Bonchev–Trinajstić information content (AvgIpc) is 3.05. The van der Waals surface area contributed by atoms with Crippen LogP contribution in [0.3, 0.4) is 0 Å². The summed E-state index contributed by atoms with van der Waals surface area (Å²) >= 11 is 0. The fourth-order valence-electron chi connectivity index (χ4n) is 5.52. The van der Waals surface area contributed by atoms with Gasteiger partial charge in [-0.1, -0.05) is 38.1 Å². The maximum Gasteiger partial charge on any atom is 0.345 e. The molecule has 2 aromatic rings. The lowest BCUT2D eigenvalue weighted by Crippen LogP contribution is -2.45. The van der Waals surface area contributed by atoms with Crippen LogP contribution in [0, 0.1) is 19.3 Å². The van der Waals surface area contributed by atoms with E-state index in [0.717, 1.165) is 33.8 Å². The number of Topliss-reactive ketones (excluding diaryl/α,β-unsaturated/α-hetero) is 1. The molecule has 7 heteroatoms. The molecule has 192 valence electrons. The lowest BCUT2D eigenvalue weighted by atomic mass is 9.75. The Labute approximate surface area is 209 Å². The third kappa shape index (κ3) is 4.69. The van der Waals surface area contributed by atoms with E-state index >= 15 is 0 Å². The third-order valence-corrected chi connectivity index (χ3v) is 10.1. The fraction of sp³-hybridized carbons (Fsp3) is 0.536. The van der Waals surface area contributed by atoms with Crippen LogP contribution in [0.2, 0.25) is 0 Å². The maximum absolute atomic E-state index is 14.7. The van der Waals surface area contributed by atoms with Crippen molar-refractivity contribution in [2.45, 2.75) is 65.5 Å². The van der Waals surface area contributed by atoms with Crippen molar-refractivity contribution in [2.24, 2.45) is 5.41 Å². The van der Waals surface area contributed by atoms with Crippen molar-refractivity contribution >= 4 is 13.4 Å². The molecule has 2 aromatic carbocycles. The highest BCUT2D eigenvalue weighted by molar-refractivity contribution is 7.57. The van der Waals surface area contributed by atoms with Crippen LogP contribution in [-0.4, -0.2) is 38.4 Å². The second-order valence-electron chi connectivity index (χ2n) is 9.86. The molecule has 0 heterocycles. The van der Waals surface area contributed by atoms with Gasteiger partial charge in [-0.25, -0.2) is 0 Å². The van der Waals surface area contributed by atoms with E-state index < -0.39 is 24.1 Å². The Morgan fingerprint density at radius 1 is 0.857 bits per heavy atom. The summed E-state index contributed by atoms with van der Waals surface area (Å²) in [6.07, 6.45) is 0.994. The molecular weight excluding hydrogens is 463 g/mol. The molecule has 1 fully saturated rings. The molecule has 0 amide bonds. The Morgan fingerprint density at radius 3 is 1.63 bits per heavy atom. The molecular formula is C28H39O6P.